The number of ketones is 1. The molecule has 3 heterocycles. The first-order valence-electron chi connectivity index (χ1n) is 9.41. The van der Waals surface area contributed by atoms with Crippen LogP contribution < -0.4 is 5.32 Å². The Labute approximate surface area is 163 Å². The summed E-state index contributed by atoms with van der Waals surface area (Å²) >= 11 is 1.29. The summed E-state index contributed by atoms with van der Waals surface area (Å²) in [5.41, 5.74) is 0.532. The molecule has 2 aliphatic rings. The van der Waals surface area contributed by atoms with Crippen molar-refractivity contribution in [1.82, 2.24) is 15.1 Å². The zero-order chi connectivity index (χ0) is 19.4. The molecule has 0 saturated carbocycles. The molecule has 2 amide bonds. The predicted molar refractivity (Wildman–Crippen MR) is 103 cm³/mol. The molecule has 8 heteroatoms. The van der Waals surface area contributed by atoms with Crippen LogP contribution in [-0.2, 0) is 9.53 Å². The highest BCUT2D eigenvalue weighted by Crippen LogP contribution is 2.25. The maximum Gasteiger partial charge on any atom is 0.252 e. The van der Waals surface area contributed by atoms with Gasteiger partial charge in [-0.2, -0.15) is 0 Å². The van der Waals surface area contributed by atoms with Gasteiger partial charge in [0.25, 0.3) is 5.91 Å². The highest BCUT2D eigenvalue weighted by atomic mass is 32.1. The topological polar surface area (TPSA) is 79.0 Å². The minimum atomic E-state index is -0.153. The van der Waals surface area contributed by atoms with Crippen molar-refractivity contribution in [2.24, 2.45) is 0 Å². The summed E-state index contributed by atoms with van der Waals surface area (Å²) in [6.45, 7) is 4.64. The van der Waals surface area contributed by atoms with Gasteiger partial charge < -0.3 is 15.0 Å². The number of thiophene rings is 1. The normalized spacial score (nSPS) is 23.4. The maximum absolute atomic E-state index is 12.5. The van der Waals surface area contributed by atoms with Gasteiger partial charge in [-0.25, -0.2) is 0 Å². The molecule has 0 unspecified atom stereocenters. The molecule has 2 atom stereocenters. The number of carbonyl (C=O) groups is 3. The van der Waals surface area contributed by atoms with E-state index in [2.05, 4.69) is 10.2 Å². The first-order chi connectivity index (χ1) is 13.0. The molecule has 148 valence electrons. The number of hydrogen-bond donors (Lipinski definition) is 1. The molecular formula is C19H27N3O4S. The Morgan fingerprint density at radius 3 is 2.59 bits per heavy atom. The van der Waals surface area contributed by atoms with Crippen LogP contribution in [0.15, 0.2) is 11.4 Å². The van der Waals surface area contributed by atoms with Crippen molar-refractivity contribution in [3.8, 4) is 0 Å². The Balaban J connectivity index is 1.46. The molecule has 7 nitrogen and oxygen atoms in total. The number of carbonyl (C=O) groups excluding carboxylic acids is 3. The second-order valence-corrected chi connectivity index (χ2v) is 8.12. The number of likely N-dealkylation sites (tertiary alicyclic amines) is 1. The summed E-state index contributed by atoms with van der Waals surface area (Å²) in [5, 5.41) is 4.68. The fourth-order valence-electron chi connectivity index (χ4n) is 3.68. The third kappa shape index (κ3) is 4.94. The molecule has 0 radical (unpaired) electrons. The lowest BCUT2D eigenvalue weighted by Gasteiger charge is -2.30. The van der Waals surface area contributed by atoms with Gasteiger partial charge in [0.2, 0.25) is 5.91 Å². The molecule has 0 aromatic carbocycles. The fraction of sp³-hybridized carbons (Fsp3) is 0.632. The lowest BCUT2D eigenvalue weighted by molar-refractivity contribution is -0.136. The van der Waals surface area contributed by atoms with E-state index in [9.17, 15) is 14.4 Å². The van der Waals surface area contributed by atoms with Gasteiger partial charge in [-0.05, 0) is 32.9 Å². The predicted octanol–water partition coefficient (Wildman–Crippen LogP) is 1.39. The molecule has 2 fully saturated rings. The monoisotopic (exact) mass is 393 g/mol. The van der Waals surface area contributed by atoms with Gasteiger partial charge in [0.05, 0.1) is 23.7 Å². The molecule has 0 bridgehead atoms. The quantitative estimate of drug-likeness (QED) is 0.739. The van der Waals surface area contributed by atoms with Crippen LogP contribution >= 0.6 is 11.3 Å². The highest BCUT2D eigenvalue weighted by Gasteiger charge is 2.33. The van der Waals surface area contributed by atoms with E-state index in [-0.39, 0.29) is 29.7 Å². The lowest BCUT2D eigenvalue weighted by Crippen LogP contribution is -2.45. The van der Waals surface area contributed by atoms with E-state index in [4.69, 9.17) is 4.74 Å². The van der Waals surface area contributed by atoms with Gasteiger partial charge in [0.15, 0.2) is 5.78 Å². The second kappa shape index (κ2) is 8.95. The summed E-state index contributed by atoms with van der Waals surface area (Å²) < 4.78 is 5.30. The van der Waals surface area contributed by atoms with Crippen LogP contribution in [0.25, 0.3) is 0 Å². The number of amides is 2. The molecule has 2 aliphatic heterocycles. The highest BCUT2D eigenvalue weighted by molar-refractivity contribution is 7.12. The molecule has 2 saturated heterocycles. The van der Waals surface area contributed by atoms with Crippen molar-refractivity contribution in [1.29, 1.82) is 0 Å². The Morgan fingerprint density at radius 1 is 1.22 bits per heavy atom. The second-order valence-electron chi connectivity index (χ2n) is 7.21. The number of nitrogens with one attached hydrogen (secondary N) is 1. The van der Waals surface area contributed by atoms with Gasteiger partial charge in [0, 0.05) is 43.5 Å². The average molecular weight is 394 g/mol. The Morgan fingerprint density at radius 2 is 1.93 bits per heavy atom. The molecule has 1 aromatic rings. The molecule has 27 heavy (non-hydrogen) atoms. The van der Waals surface area contributed by atoms with Gasteiger partial charge in [-0.15, -0.1) is 11.3 Å². The third-order valence-corrected chi connectivity index (χ3v) is 6.50. The molecular weight excluding hydrogens is 366 g/mol. The number of morpholine rings is 1. The molecule has 1 N–H and O–H groups in total. The van der Waals surface area contributed by atoms with E-state index in [0.717, 1.165) is 12.8 Å². The van der Waals surface area contributed by atoms with Crippen molar-refractivity contribution < 1.29 is 19.1 Å². The van der Waals surface area contributed by atoms with Crippen molar-refractivity contribution in [2.75, 3.05) is 39.9 Å². The summed E-state index contributed by atoms with van der Waals surface area (Å²) in [6, 6.07) is 2.08. The number of rotatable bonds is 6. The van der Waals surface area contributed by atoms with Crippen LogP contribution in [0.4, 0.5) is 0 Å². The Kier molecular flexibility index (Phi) is 6.62. The van der Waals surface area contributed by atoms with E-state index in [1.54, 1.807) is 11.4 Å². The van der Waals surface area contributed by atoms with Crippen LogP contribution in [-0.4, -0.2) is 79.4 Å². The number of hydrogen-bond acceptors (Lipinski definition) is 6. The molecule has 1 aromatic heterocycles. The molecule has 3 rings (SSSR count). The first kappa shape index (κ1) is 20.0. The van der Waals surface area contributed by atoms with E-state index < -0.39 is 0 Å². The van der Waals surface area contributed by atoms with Crippen molar-refractivity contribution in [2.45, 2.75) is 38.3 Å². The van der Waals surface area contributed by atoms with Crippen molar-refractivity contribution in [3.05, 3.63) is 21.9 Å². The standard InChI is InChI=1S/C19H27N3O4S/c1-13(23)17-9-14(12-27-17)19(25)20-11-16-4-3-15(21(16)2)10-18(24)22-5-7-26-8-6-22/h9,12,15-16H,3-8,10-11H2,1-2H3,(H,20,25)/t15-,16+/m1/s1. The Hall–Kier alpha value is -1.77. The number of nitrogens with zero attached hydrogens (tertiary/aromatic N) is 2. The Bertz CT molecular complexity index is 699. The van der Waals surface area contributed by atoms with Gasteiger partial charge in [0.1, 0.15) is 0 Å². The minimum absolute atomic E-state index is 0.0256. The summed E-state index contributed by atoms with van der Waals surface area (Å²) in [7, 11) is 2.03. The lowest BCUT2D eigenvalue weighted by atomic mass is 10.1. The van der Waals surface area contributed by atoms with Crippen LogP contribution in [0.2, 0.25) is 0 Å². The van der Waals surface area contributed by atoms with Crippen molar-refractivity contribution in [3.63, 3.8) is 0 Å². The van der Waals surface area contributed by atoms with Crippen LogP contribution in [0.1, 0.15) is 46.2 Å². The van der Waals surface area contributed by atoms with Gasteiger partial charge >= 0.3 is 0 Å². The van der Waals surface area contributed by atoms with Crippen LogP contribution in [0.5, 0.6) is 0 Å². The first-order valence-corrected chi connectivity index (χ1v) is 10.3. The number of likely N-dealkylation sites (N-methyl/N-ethyl adjacent to an activating group) is 1. The van der Waals surface area contributed by atoms with E-state index in [1.165, 1.54) is 18.3 Å². The van der Waals surface area contributed by atoms with Crippen molar-refractivity contribution >= 4 is 28.9 Å². The zero-order valence-corrected chi connectivity index (χ0v) is 16.7. The smallest absolute Gasteiger partial charge is 0.252 e. The van der Waals surface area contributed by atoms with E-state index in [1.807, 2.05) is 11.9 Å². The third-order valence-electron chi connectivity index (χ3n) is 5.47. The fourth-order valence-corrected chi connectivity index (χ4v) is 4.47. The summed E-state index contributed by atoms with van der Waals surface area (Å²) in [6.07, 6.45) is 2.44. The SMILES string of the molecule is CC(=O)c1cc(C(=O)NC[C@@H]2CC[C@H](CC(=O)N3CCOCC3)N2C)cs1. The maximum atomic E-state index is 12.5. The molecule has 0 spiro atoms. The zero-order valence-electron chi connectivity index (χ0n) is 15.9. The molecule has 0 aliphatic carbocycles. The van der Waals surface area contributed by atoms with E-state index in [0.29, 0.717) is 49.7 Å². The summed E-state index contributed by atoms with van der Waals surface area (Å²) in [4.78, 5) is 40.8. The minimum Gasteiger partial charge on any atom is -0.378 e. The largest absolute Gasteiger partial charge is 0.378 e. The van der Waals surface area contributed by atoms with Gasteiger partial charge in [-0.1, -0.05) is 0 Å². The average Bonchev–Trinajstić information content (AvgIpc) is 3.29. The van der Waals surface area contributed by atoms with Gasteiger partial charge in [-0.3, -0.25) is 19.3 Å². The van der Waals surface area contributed by atoms with Crippen LogP contribution in [0, 0.1) is 0 Å². The van der Waals surface area contributed by atoms with E-state index >= 15 is 0 Å². The number of ether oxygens (including phenoxy) is 1. The number of Topliss-reactive ketones (excluding diaryl/α,β-unsaturated/α-hetero) is 1. The summed E-state index contributed by atoms with van der Waals surface area (Å²) in [5.74, 6) is 0.0113. The van der Waals surface area contributed by atoms with Crippen LogP contribution in [0.3, 0.4) is 0 Å².